The van der Waals surface area contributed by atoms with E-state index in [1.54, 1.807) is 24.7 Å². The number of carbonyl (C=O) groups is 1. The zero-order valence-electron chi connectivity index (χ0n) is 13.2. The van der Waals surface area contributed by atoms with Crippen LogP contribution in [-0.2, 0) is 6.54 Å². The van der Waals surface area contributed by atoms with Crippen molar-refractivity contribution in [3.63, 3.8) is 0 Å². The minimum atomic E-state index is -0.0519. The standard InChI is InChI=1S/C18H18N4O/c1-13(2)22(12-14-6-4-3-5-7-14)18(23)15-10-16-17(21-11-15)20-9-8-19-16/h3-11,13H,12H2,1-2H3. The molecule has 0 unspecified atom stereocenters. The summed E-state index contributed by atoms with van der Waals surface area (Å²) in [6, 6.07) is 11.8. The second-order valence-corrected chi connectivity index (χ2v) is 5.64. The van der Waals surface area contributed by atoms with E-state index in [1.165, 1.54) is 0 Å². The molecule has 0 fully saturated rings. The first-order chi connectivity index (χ1) is 11.1. The van der Waals surface area contributed by atoms with Crippen LogP contribution in [0.15, 0.2) is 55.0 Å². The Labute approximate surface area is 135 Å². The van der Waals surface area contributed by atoms with E-state index in [-0.39, 0.29) is 11.9 Å². The number of pyridine rings is 1. The molecule has 0 aliphatic rings. The Morgan fingerprint density at radius 1 is 1.09 bits per heavy atom. The summed E-state index contributed by atoms with van der Waals surface area (Å²) in [6.07, 6.45) is 4.76. The first-order valence-corrected chi connectivity index (χ1v) is 7.57. The van der Waals surface area contributed by atoms with Crippen LogP contribution in [0.1, 0.15) is 29.8 Å². The number of benzene rings is 1. The molecule has 0 radical (unpaired) electrons. The molecule has 0 spiro atoms. The molecule has 23 heavy (non-hydrogen) atoms. The van der Waals surface area contributed by atoms with Crippen LogP contribution in [0.25, 0.3) is 11.2 Å². The predicted octanol–water partition coefficient (Wildman–Crippen LogP) is 3.08. The van der Waals surface area contributed by atoms with Crippen LogP contribution in [0, 0.1) is 0 Å². The molecule has 0 atom stereocenters. The maximum absolute atomic E-state index is 12.9. The Hall–Kier alpha value is -2.82. The van der Waals surface area contributed by atoms with Crippen molar-refractivity contribution < 1.29 is 4.79 Å². The number of fused-ring (bicyclic) bond motifs is 1. The van der Waals surface area contributed by atoms with Crippen molar-refractivity contribution in [2.45, 2.75) is 26.4 Å². The highest BCUT2D eigenvalue weighted by atomic mass is 16.2. The molecule has 2 heterocycles. The summed E-state index contributed by atoms with van der Waals surface area (Å²) in [5, 5.41) is 0. The highest BCUT2D eigenvalue weighted by Crippen LogP contribution is 2.15. The lowest BCUT2D eigenvalue weighted by atomic mass is 10.1. The lowest BCUT2D eigenvalue weighted by molar-refractivity contribution is 0.0690. The minimum Gasteiger partial charge on any atom is -0.332 e. The van der Waals surface area contributed by atoms with Gasteiger partial charge in [0.1, 0.15) is 5.52 Å². The molecule has 3 rings (SSSR count). The predicted molar refractivity (Wildman–Crippen MR) is 88.8 cm³/mol. The van der Waals surface area contributed by atoms with E-state index in [2.05, 4.69) is 15.0 Å². The maximum atomic E-state index is 12.9. The van der Waals surface area contributed by atoms with Gasteiger partial charge in [-0.3, -0.25) is 9.78 Å². The van der Waals surface area contributed by atoms with Gasteiger partial charge in [0.25, 0.3) is 5.91 Å². The third-order valence-electron chi connectivity index (χ3n) is 3.65. The Morgan fingerprint density at radius 2 is 1.83 bits per heavy atom. The average molecular weight is 306 g/mol. The molecular formula is C18H18N4O. The molecule has 5 heteroatoms. The molecule has 3 aromatic rings. The monoisotopic (exact) mass is 306 g/mol. The van der Waals surface area contributed by atoms with Gasteiger partial charge in [-0.25, -0.2) is 9.97 Å². The number of carbonyl (C=O) groups excluding carboxylic acids is 1. The van der Waals surface area contributed by atoms with E-state index in [1.807, 2.05) is 49.1 Å². The van der Waals surface area contributed by atoms with Crippen LogP contribution in [0.2, 0.25) is 0 Å². The fraction of sp³-hybridized carbons (Fsp3) is 0.222. The SMILES string of the molecule is CC(C)N(Cc1ccccc1)C(=O)c1cnc2nccnc2c1. The molecule has 0 N–H and O–H groups in total. The van der Waals surface area contributed by atoms with Crippen LogP contribution >= 0.6 is 0 Å². The molecule has 1 aromatic carbocycles. The van der Waals surface area contributed by atoms with Crippen LogP contribution in [-0.4, -0.2) is 31.8 Å². The number of hydrogen-bond acceptors (Lipinski definition) is 4. The molecule has 2 aromatic heterocycles. The summed E-state index contributed by atoms with van der Waals surface area (Å²) in [5.74, 6) is -0.0519. The van der Waals surface area contributed by atoms with E-state index in [4.69, 9.17) is 0 Å². The fourth-order valence-electron chi connectivity index (χ4n) is 2.41. The highest BCUT2D eigenvalue weighted by Gasteiger charge is 2.20. The van der Waals surface area contributed by atoms with Crippen molar-refractivity contribution in [3.05, 3.63) is 66.1 Å². The van der Waals surface area contributed by atoms with Gasteiger partial charge < -0.3 is 4.90 Å². The molecule has 5 nitrogen and oxygen atoms in total. The topological polar surface area (TPSA) is 59.0 Å². The van der Waals surface area contributed by atoms with Crippen LogP contribution in [0.3, 0.4) is 0 Å². The van der Waals surface area contributed by atoms with Gasteiger partial charge in [0, 0.05) is 31.2 Å². The molecule has 0 aliphatic carbocycles. The maximum Gasteiger partial charge on any atom is 0.256 e. The number of hydrogen-bond donors (Lipinski definition) is 0. The van der Waals surface area contributed by atoms with Crippen molar-refractivity contribution in [3.8, 4) is 0 Å². The van der Waals surface area contributed by atoms with Crippen molar-refractivity contribution >= 4 is 17.1 Å². The largest absolute Gasteiger partial charge is 0.332 e. The lowest BCUT2D eigenvalue weighted by Gasteiger charge is -2.27. The Morgan fingerprint density at radius 3 is 2.57 bits per heavy atom. The van der Waals surface area contributed by atoms with Gasteiger partial charge in [-0.05, 0) is 25.5 Å². The van der Waals surface area contributed by atoms with E-state index in [9.17, 15) is 4.79 Å². The summed E-state index contributed by atoms with van der Waals surface area (Å²) in [6.45, 7) is 4.58. The second kappa shape index (κ2) is 6.52. The van der Waals surface area contributed by atoms with Gasteiger partial charge in [-0.15, -0.1) is 0 Å². The van der Waals surface area contributed by atoms with Crippen molar-refractivity contribution in [1.29, 1.82) is 0 Å². The second-order valence-electron chi connectivity index (χ2n) is 5.64. The third-order valence-corrected chi connectivity index (χ3v) is 3.65. The summed E-state index contributed by atoms with van der Waals surface area (Å²) in [7, 11) is 0. The first kappa shape index (κ1) is 15.1. The number of nitrogens with zero attached hydrogens (tertiary/aromatic N) is 4. The average Bonchev–Trinajstić information content (AvgIpc) is 2.59. The highest BCUT2D eigenvalue weighted by molar-refractivity contribution is 5.96. The zero-order chi connectivity index (χ0) is 16.2. The van der Waals surface area contributed by atoms with Crippen molar-refractivity contribution in [1.82, 2.24) is 19.9 Å². The summed E-state index contributed by atoms with van der Waals surface area (Å²) >= 11 is 0. The number of amides is 1. The van der Waals surface area contributed by atoms with E-state index >= 15 is 0 Å². The lowest BCUT2D eigenvalue weighted by Crippen LogP contribution is -2.36. The van der Waals surface area contributed by atoms with Gasteiger partial charge in [-0.1, -0.05) is 30.3 Å². The van der Waals surface area contributed by atoms with Gasteiger partial charge in [0.05, 0.1) is 5.56 Å². The van der Waals surface area contributed by atoms with Gasteiger partial charge >= 0.3 is 0 Å². The quantitative estimate of drug-likeness (QED) is 0.743. The smallest absolute Gasteiger partial charge is 0.256 e. The van der Waals surface area contributed by atoms with Gasteiger partial charge in [0.2, 0.25) is 0 Å². The summed E-state index contributed by atoms with van der Waals surface area (Å²) < 4.78 is 0. The van der Waals surface area contributed by atoms with Crippen molar-refractivity contribution in [2.24, 2.45) is 0 Å². The molecule has 0 saturated carbocycles. The van der Waals surface area contributed by atoms with Crippen LogP contribution in [0.5, 0.6) is 0 Å². The van der Waals surface area contributed by atoms with Gasteiger partial charge in [-0.2, -0.15) is 0 Å². The number of aromatic nitrogens is 3. The normalized spacial score (nSPS) is 10.9. The summed E-state index contributed by atoms with van der Waals surface area (Å²) in [4.78, 5) is 27.3. The third kappa shape index (κ3) is 3.34. The Bertz CT molecular complexity index is 817. The molecule has 0 bridgehead atoms. The van der Waals surface area contributed by atoms with Crippen LogP contribution < -0.4 is 0 Å². The molecule has 0 aliphatic heterocycles. The van der Waals surface area contributed by atoms with Gasteiger partial charge in [0.15, 0.2) is 5.65 Å². The number of rotatable bonds is 4. The molecule has 1 amide bonds. The molecule has 0 saturated heterocycles. The molecular weight excluding hydrogens is 288 g/mol. The Balaban J connectivity index is 1.90. The van der Waals surface area contributed by atoms with E-state index < -0.39 is 0 Å². The zero-order valence-corrected chi connectivity index (χ0v) is 13.2. The van der Waals surface area contributed by atoms with E-state index in [0.29, 0.717) is 23.3 Å². The minimum absolute atomic E-state index is 0.0519. The molecule has 116 valence electrons. The van der Waals surface area contributed by atoms with Crippen molar-refractivity contribution in [2.75, 3.05) is 0 Å². The Kier molecular flexibility index (Phi) is 4.28. The summed E-state index contributed by atoms with van der Waals surface area (Å²) in [5.41, 5.74) is 2.80. The first-order valence-electron chi connectivity index (χ1n) is 7.57. The van der Waals surface area contributed by atoms with E-state index in [0.717, 1.165) is 5.56 Å². The fourth-order valence-corrected chi connectivity index (χ4v) is 2.41. The van der Waals surface area contributed by atoms with Crippen LogP contribution in [0.4, 0.5) is 0 Å².